The number of nitrogens with one attached hydrogen (secondary N) is 1. The summed E-state index contributed by atoms with van der Waals surface area (Å²) < 4.78 is 13.0. The molecule has 0 spiro atoms. The SMILES string of the molecule is CC(C)(C)c1ccc(-c2nnc(SCC(=O)NCc3ccc4c(c3)OCO4)n2C2CCCC2)cc1. The van der Waals surface area contributed by atoms with Crippen molar-refractivity contribution in [3.63, 3.8) is 0 Å². The van der Waals surface area contributed by atoms with E-state index in [9.17, 15) is 4.79 Å². The number of nitrogens with zero attached hydrogens (tertiary/aromatic N) is 3. The van der Waals surface area contributed by atoms with Gasteiger partial charge in [-0.05, 0) is 41.5 Å². The Morgan fingerprint density at radius 2 is 1.80 bits per heavy atom. The van der Waals surface area contributed by atoms with Crippen LogP contribution < -0.4 is 14.8 Å². The van der Waals surface area contributed by atoms with Gasteiger partial charge in [0, 0.05) is 18.2 Å². The van der Waals surface area contributed by atoms with Gasteiger partial charge in [-0.2, -0.15) is 0 Å². The summed E-state index contributed by atoms with van der Waals surface area (Å²) in [5.74, 6) is 2.60. The molecule has 2 aliphatic rings. The summed E-state index contributed by atoms with van der Waals surface area (Å²) in [4.78, 5) is 12.6. The van der Waals surface area contributed by atoms with E-state index in [1.54, 1.807) is 0 Å². The van der Waals surface area contributed by atoms with E-state index in [1.807, 2.05) is 18.2 Å². The second kappa shape index (κ2) is 9.93. The van der Waals surface area contributed by atoms with Gasteiger partial charge in [-0.3, -0.25) is 9.36 Å². The minimum Gasteiger partial charge on any atom is -0.454 e. The molecule has 184 valence electrons. The zero-order valence-corrected chi connectivity index (χ0v) is 21.4. The Bertz CT molecular complexity index is 1190. The van der Waals surface area contributed by atoms with Crippen molar-refractivity contribution in [1.82, 2.24) is 20.1 Å². The second-order valence-corrected chi connectivity index (χ2v) is 11.1. The number of hydrogen-bond acceptors (Lipinski definition) is 6. The summed E-state index contributed by atoms with van der Waals surface area (Å²) >= 11 is 1.45. The molecule has 1 aliphatic carbocycles. The molecule has 1 aromatic heterocycles. The Hall–Kier alpha value is -3.00. The monoisotopic (exact) mass is 492 g/mol. The van der Waals surface area contributed by atoms with Crippen LogP contribution in [0, 0.1) is 0 Å². The average molecular weight is 493 g/mol. The van der Waals surface area contributed by atoms with E-state index in [0.29, 0.717) is 18.3 Å². The predicted molar refractivity (Wildman–Crippen MR) is 137 cm³/mol. The van der Waals surface area contributed by atoms with Crippen molar-refractivity contribution in [2.45, 2.75) is 69.6 Å². The van der Waals surface area contributed by atoms with Crippen molar-refractivity contribution < 1.29 is 14.3 Å². The molecule has 1 fully saturated rings. The summed E-state index contributed by atoms with van der Waals surface area (Å²) in [7, 11) is 0. The van der Waals surface area contributed by atoms with Crippen LogP contribution in [0.4, 0.5) is 0 Å². The molecule has 0 atom stereocenters. The van der Waals surface area contributed by atoms with Gasteiger partial charge in [-0.1, -0.05) is 75.7 Å². The quantitative estimate of drug-likeness (QED) is 0.439. The molecule has 35 heavy (non-hydrogen) atoms. The van der Waals surface area contributed by atoms with Crippen LogP contribution >= 0.6 is 11.8 Å². The van der Waals surface area contributed by atoms with Crippen LogP contribution in [0.15, 0.2) is 47.6 Å². The number of carbonyl (C=O) groups is 1. The molecule has 0 saturated heterocycles. The highest BCUT2D eigenvalue weighted by molar-refractivity contribution is 7.99. The van der Waals surface area contributed by atoms with Crippen LogP contribution in [0.25, 0.3) is 11.4 Å². The van der Waals surface area contributed by atoms with E-state index >= 15 is 0 Å². The second-order valence-electron chi connectivity index (χ2n) is 10.2. The predicted octanol–water partition coefficient (Wildman–Crippen LogP) is 5.49. The standard InChI is InChI=1S/C27H32N4O3S/c1-27(2,3)20-11-9-19(10-12-20)25-29-30-26(31(25)21-6-4-5-7-21)35-16-24(32)28-15-18-8-13-22-23(14-18)34-17-33-22/h8-14,21H,4-7,15-17H2,1-3H3,(H,28,32). The van der Waals surface area contributed by atoms with Crippen molar-refractivity contribution in [2.24, 2.45) is 0 Å². The van der Waals surface area contributed by atoms with Crippen molar-refractivity contribution >= 4 is 17.7 Å². The molecule has 0 bridgehead atoms. The van der Waals surface area contributed by atoms with E-state index in [4.69, 9.17) is 9.47 Å². The molecule has 8 heteroatoms. The number of thioether (sulfide) groups is 1. The van der Waals surface area contributed by atoms with Crippen molar-refractivity contribution in [2.75, 3.05) is 12.5 Å². The van der Waals surface area contributed by atoms with Crippen LogP contribution in [-0.2, 0) is 16.8 Å². The highest BCUT2D eigenvalue weighted by Crippen LogP contribution is 2.37. The number of rotatable bonds is 7. The normalized spacial score (nSPS) is 15.5. The third kappa shape index (κ3) is 5.32. The number of benzene rings is 2. The number of carbonyl (C=O) groups excluding carboxylic acids is 1. The maximum atomic E-state index is 12.6. The topological polar surface area (TPSA) is 78.3 Å². The molecule has 1 saturated carbocycles. The first kappa shape index (κ1) is 23.7. The fraction of sp³-hybridized carbons (Fsp3) is 0.444. The molecule has 2 aromatic carbocycles. The number of aromatic nitrogens is 3. The lowest BCUT2D eigenvalue weighted by molar-refractivity contribution is -0.118. The Balaban J connectivity index is 1.27. The minimum atomic E-state index is -0.0373. The van der Waals surface area contributed by atoms with Gasteiger partial charge < -0.3 is 14.8 Å². The number of ether oxygens (including phenoxy) is 2. The maximum Gasteiger partial charge on any atom is 0.231 e. The van der Waals surface area contributed by atoms with Gasteiger partial charge in [0.15, 0.2) is 22.5 Å². The summed E-state index contributed by atoms with van der Waals surface area (Å²) in [5, 5.41) is 12.9. The molecule has 1 aliphatic heterocycles. The van der Waals surface area contributed by atoms with Gasteiger partial charge >= 0.3 is 0 Å². The van der Waals surface area contributed by atoms with Gasteiger partial charge in [0.2, 0.25) is 12.7 Å². The molecular weight excluding hydrogens is 460 g/mol. The summed E-state index contributed by atoms with van der Waals surface area (Å²) in [5.41, 5.74) is 3.44. The van der Waals surface area contributed by atoms with Crippen molar-refractivity contribution in [1.29, 1.82) is 0 Å². The third-order valence-corrected chi connectivity index (χ3v) is 7.57. The summed E-state index contributed by atoms with van der Waals surface area (Å²) in [6.45, 7) is 7.34. The molecule has 1 amide bonds. The molecule has 0 unspecified atom stereocenters. The van der Waals surface area contributed by atoms with Crippen LogP contribution in [0.1, 0.15) is 63.6 Å². The lowest BCUT2D eigenvalue weighted by Gasteiger charge is -2.20. The molecule has 0 radical (unpaired) electrons. The first-order chi connectivity index (χ1) is 16.9. The van der Waals surface area contributed by atoms with E-state index < -0.39 is 0 Å². The molecule has 7 nitrogen and oxygen atoms in total. The number of amides is 1. The van der Waals surface area contributed by atoms with E-state index in [0.717, 1.165) is 46.4 Å². The Kier molecular flexibility index (Phi) is 6.73. The first-order valence-corrected chi connectivity index (χ1v) is 13.2. The van der Waals surface area contributed by atoms with Gasteiger partial charge in [-0.15, -0.1) is 10.2 Å². The summed E-state index contributed by atoms with van der Waals surface area (Å²) in [6, 6.07) is 14.7. The van der Waals surface area contributed by atoms with Crippen LogP contribution in [0.3, 0.4) is 0 Å². The van der Waals surface area contributed by atoms with Gasteiger partial charge in [0.25, 0.3) is 0 Å². The van der Waals surface area contributed by atoms with E-state index in [2.05, 4.69) is 65.1 Å². The molecule has 2 heterocycles. The zero-order chi connectivity index (χ0) is 24.4. The maximum absolute atomic E-state index is 12.6. The minimum absolute atomic E-state index is 0.0373. The lowest BCUT2D eigenvalue weighted by Crippen LogP contribution is -2.24. The van der Waals surface area contributed by atoms with Crippen LogP contribution in [0.2, 0.25) is 0 Å². The molecule has 1 N–H and O–H groups in total. The van der Waals surface area contributed by atoms with Crippen LogP contribution in [-0.4, -0.2) is 33.2 Å². The smallest absolute Gasteiger partial charge is 0.231 e. The molecular formula is C27H32N4O3S. The Morgan fingerprint density at radius 3 is 2.54 bits per heavy atom. The van der Waals surface area contributed by atoms with Gasteiger partial charge in [0.1, 0.15) is 0 Å². The fourth-order valence-electron chi connectivity index (χ4n) is 4.62. The summed E-state index contributed by atoms with van der Waals surface area (Å²) in [6.07, 6.45) is 4.67. The van der Waals surface area contributed by atoms with Crippen LogP contribution in [0.5, 0.6) is 11.5 Å². The average Bonchev–Trinajstić information content (AvgIpc) is 3.61. The fourth-order valence-corrected chi connectivity index (χ4v) is 5.45. The highest BCUT2D eigenvalue weighted by atomic mass is 32.2. The number of hydrogen-bond donors (Lipinski definition) is 1. The van der Waals surface area contributed by atoms with Gasteiger partial charge in [0.05, 0.1) is 5.75 Å². The first-order valence-electron chi connectivity index (χ1n) is 12.2. The van der Waals surface area contributed by atoms with Crippen molar-refractivity contribution in [3.8, 4) is 22.9 Å². The Morgan fingerprint density at radius 1 is 1.06 bits per heavy atom. The largest absolute Gasteiger partial charge is 0.454 e. The Labute approximate surface area is 210 Å². The number of fused-ring (bicyclic) bond motifs is 1. The van der Waals surface area contributed by atoms with E-state index in [1.165, 1.54) is 30.2 Å². The lowest BCUT2D eigenvalue weighted by atomic mass is 9.86. The van der Waals surface area contributed by atoms with Crippen molar-refractivity contribution in [3.05, 3.63) is 53.6 Å². The van der Waals surface area contributed by atoms with E-state index in [-0.39, 0.29) is 18.1 Å². The molecule has 3 aromatic rings. The highest BCUT2D eigenvalue weighted by Gasteiger charge is 2.25. The zero-order valence-electron chi connectivity index (χ0n) is 20.5. The molecule has 5 rings (SSSR count). The third-order valence-electron chi connectivity index (χ3n) is 6.62. The van der Waals surface area contributed by atoms with Gasteiger partial charge in [-0.25, -0.2) is 0 Å².